The van der Waals surface area contributed by atoms with Crippen LogP contribution < -0.4 is 5.32 Å². The van der Waals surface area contributed by atoms with Crippen LogP contribution in [0.5, 0.6) is 0 Å². The van der Waals surface area contributed by atoms with Gasteiger partial charge in [0, 0.05) is 6.54 Å². The number of rotatable bonds is 4. The van der Waals surface area contributed by atoms with Crippen molar-refractivity contribution >= 4 is 22.8 Å². The summed E-state index contributed by atoms with van der Waals surface area (Å²) in [6.45, 7) is 0.830. The molecule has 5 nitrogen and oxygen atoms in total. The summed E-state index contributed by atoms with van der Waals surface area (Å²) < 4.78 is 79.2. The van der Waals surface area contributed by atoms with E-state index in [4.69, 9.17) is 0 Å². The van der Waals surface area contributed by atoms with Gasteiger partial charge in [0.1, 0.15) is 5.84 Å². The SMILES string of the molecule is O=C1N=C(N[C@@H]2CCCC[C@@H]2O)/C(=C/C2CCN(Cc3ccc(C(F)(F)F)cc3C(F)(F)F)CC2)S1. The summed E-state index contributed by atoms with van der Waals surface area (Å²) in [5.41, 5.74) is -2.77. The molecule has 1 saturated carbocycles. The number of alkyl halides is 6. The van der Waals surface area contributed by atoms with Crippen LogP contribution in [0.3, 0.4) is 0 Å². The first-order valence-electron chi connectivity index (χ1n) is 11.9. The monoisotopic (exact) mass is 535 g/mol. The third-order valence-corrected chi connectivity index (χ3v) is 7.66. The van der Waals surface area contributed by atoms with Gasteiger partial charge in [-0.15, -0.1) is 0 Å². The molecule has 3 aliphatic rings. The number of aliphatic hydroxyl groups excluding tert-OH is 1. The predicted octanol–water partition coefficient (Wildman–Crippen LogP) is 5.98. The Labute approximate surface area is 209 Å². The van der Waals surface area contributed by atoms with E-state index >= 15 is 0 Å². The first-order valence-corrected chi connectivity index (χ1v) is 12.7. The van der Waals surface area contributed by atoms with Crippen molar-refractivity contribution in [2.24, 2.45) is 10.9 Å². The summed E-state index contributed by atoms with van der Waals surface area (Å²) in [4.78, 5) is 18.5. The molecule has 1 aromatic rings. The van der Waals surface area contributed by atoms with E-state index in [1.807, 2.05) is 6.08 Å². The first kappa shape index (κ1) is 27.0. The van der Waals surface area contributed by atoms with Crippen LogP contribution in [0.1, 0.15) is 55.2 Å². The highest BCUT2D eigenvalue weighted by molar-refractivity contribution is 8.18. The highest BCUT2D eigenvalue weighted by Gasteiger charge is 2.38. The van der Waals surface area contributed by atoms with Crippen LogP contribution in [0.4, 0.5) is 31.1 Å². The van der Waals surface area contributed by atoms with Gasteiger partial charge in [-0.2, -0.15) is 31.3 Å². The Balaban J connectivity index is 1.39. The fraction of sp³-hybridized carbons (Fsp3) is 0.583. The van der Waals surface area contributed by atoms with Crippen molar-refractivity contribution in [3.05, 3.63) is 45.9 Å². The van der Waals surface area contributed by atoms with Crippen LogP contribution in [0, 0.1) is 5.92 Å². The number of carbonyl (C=O) groups is 1. The highest BCUT2D eigenvalue weighted by atomic mass is 32.2. The van der Waals surface area contributed by atoms with Gasteiger partial charge in [-0.25, -0.2) is 0 Å². The Morgan fingerprint density at radius 2 is 1.75 bits per heavy atom. The lowest BCUT2D eigenvalue weighted by atomic mass is 9.92. The molecule has 36 heavy (non-hydrogen) atoms. The number of nitrogens with zero attached hydrogens (tertiary/aromatic N) is 2. The topological polar surface area (TPSA) is 64.9 Å². The summed E-state index contributed by atoms with van der Waals surface area (Å²) in [7, 11) is 0. The average molecular weight is 536 g/mol. The molecular formula is C24H27F6N3O2S. The van der Waals surface area contributed by atoms with Crippen molar-refractivity contribution in [2.45, 2.75) is 69.6 Å². The van der Waals surface area contributed by atoms with Crippen LogP contribution in [0.25, 0.3) is 0 Å². The molecule has 2 atom stereocenters. The quantitative estimate of drug-likeness (QED) is 0.465. The molecule has 2 fully saturated rings. The van der Waals surface area contributed by atoms with Crippen molar-refractivity contribution in [2.75, 3.05) is 13.1 Å². The molecule has 0 bridgehead atoms. The van der Waals surface area contributed by atoms with Gasteiger partial charge in [0.05, 0.1) is 28.2 Å². The second-order valence-corrected chi connectivity index (χ2v) is 10.4. The molecule has 4 rings (SSSR count). The normalized spacial score (nSPS) is 25.9. The largest absolute Gasteiger partial charge is 0.416 e. The Morgan fingerprint density at radius 1 is 1.06 bits per heavy atom. The Hall–Kier alpha value is -2.05. The van der Waals surface area contributed by atoms with E-state index in [0.29, 0.717) is 49.2 Å². The van der Waals surface area contributed by atoms with E-state index in [2.05, 4.69) is 10.3 Å². The molecule has 2 aliphatic heterocycles. The average Bonchev–Trinajstić information content (AvgIpc) is 3.14. The van der Waals surface area contributed by atoms with Gasteiger partial charge in [0.2, 0.25) is 0 Å². The maximum absolute atomic E-state index is 13.5. The van der Waals surface area contributed by atoms with Crippen LogP contribution in [0.15, 0.2) is 34.2 Å². The van der Waals surface area contributed by atoms with Crippen LogP contribution in [-0.2, 0) is 18.9 Å². The third kappa shape index (κ3) is 6.63. The maximum Gasteiger partial charge on any atom is 0.416 e. The Morgan fingerprint density at radius 3 is 2.39 bits per heavy atom. The summed E-state index contributed by atoms with van der Waals surface area (Å²) in [5.74, 6) is 0.533. The number of aliphatic hydroxyl groups is 1. The van der Waals surface area contributed by atoms with E-state index in [0.717, 1.165) is 37.1 Å². The molecule has 2 heterocycles. The number of piperidine rings is 1. The minimum Gasteiger partial charge on any atom is -0.391 e. The third-order valence-electron chi connectivity index (χ3n) is 6.84. The molecule has 0 aromatic heterocycles. The second-order valence-electron chi connectivity index (χ2n) is 9.44. The summed E-state index contributed by atoms with van der Waals surface area (Å²) in [6.07, 6.45) is -3.62. The molecule has 0 radical (unpaired) electrons. The van der Waals surface area contributed by atoms with E-state index in [1.54, 1.807) is 4.90 Å². The first-order chi connectivity index (χ1) is 16.9. The van der Waals surface area contributed by atoms with Crippen LogP contribution in [-0.4, -0.2) is 46.3 Å². The number of amidine groups is 1. The number of hydrogen-bond donors (Lipinski definition) is 2. The van der Waals surface area contributed by atoms with Gasteiger partial charge in [-0.3, -0.25) is 9.69 Å². The zero-order valence-electron chi connectivity index (χ0n) is 19.3. The van der Waals surface area contributed by atoms with Gasteiger partial charge in [-0.05, 0) is 74.1 Å². The number of aliphatic imine (C=N–C) groups is 1. The highest BCUT2D eigenvalue weighted by Crippen LogP contribution is 2.38. The molecule has 1 aliphatic carbocycles. The number of hydrogen-bond acceptors (Lipinski definition) is 5. The minimum absolute atomic E-state index is 0.0765. The lowest BCUT2D eigenvalue weighted by Gasteiger charge is -2.32. The van der Waals surface area contributed by atoms with Gasteiger partial charge >= 0.3 is 17.6 Å². The number of nitrogens with one attached hydrogen (secondary N) is 1. The zero-order chi connectivity index (χ0) is 26.1. The number of carbonyl (C=O) groups excluding carboxylic acids is 1. The van der Waals surface area contributed by atoms with Gasteiger partial charge in [-0.1, -0.05) is 25.0 Å². The molecule has 0 unspecified atom stereocenters. The van der Waals surface area contributed by atoms with E-state index in [9.17, 15) is 36.2 Å². The number of thioether (sulfide) groups is 1. The van der Waals surface area contributed by atoms with E-state index in [-0.39, 0.29) is 35.4 Å². The fourth-order valence-corrected chi connectivity index (χ4v) is 5.66. The van der Waals surface area contributed by atoms with E-state index < -0.39 is 29.6 Å². The van der Waals surface area contributed by atoms with Crippen molar-refractivity contribution in [3.63, 3.8) is 0 Å². The van der Waals surface area contributed by atoms with Crippen molar-refractivity contribution in [1.29, 1.82) is 0 Å². The molecule has 1 saturated heterocycles. The van der Waals surface area contributed by atoms with E-state index in [1.165, 1.54) is 0 Å². The van der Waals surface area contributed by atoms with Gasteiger partial charge in [0.15, 0.2) is 0 Å². The minimum atomic E-state index is -4.89. The van der Waals surface area contributed by atoms with Gasteiger partial charge < -0.3 is 10.4 Å². The molecule has 1 amide bonds. The molecule has 1 aromatic carbocycles. The molecule has 12 heteroatoms. The van der Waals surface area contributed by atoms with Gasteiger partial charge in [0.25, 0.3) is 0 Å². The molecule has 2 N–H and O–H groups in total. The summed E-state index contributed by atoms with van der Waals surface area (Å²) in [6, 6.07) is 1.61. The summed E-state index contributed by atoms with van der Waals surface area (Å²) in [5, 5.41) is 13.1. The molecule has 198 valence electrons. The van der Waals surface area contributed by atoms with Crippen LogP contribution >= 0.6 is 11.8 Å². The second kappa shape index (κ2) is 10.7. The molecule has 0 spiro atoms. The summed E-state index contributed by atoms with van der Waals surface area (Å²) >= 11 is 1.01. The Bertz CT molecular complexity index is 1030. The number of likely N-dealkylation sites (tertiary alicyclic amines) is 1. The number of halogens is 6. The maximum atomic E-state index is 13.5. The molecular weight excluding hydrogens is 508 g/mol. The smallest absolute Gasteiger partial charge is 0.391 e. The zero-order valence-corrected chi connectivity index (χ0v) is 20.1. The predicted molar refractivity (Wildman–Crippen MR) is 124 cm³/mol. The number of benzene rings is 1. The number of allylic oxidation sites excluding steroid dienone is 1. The lowest BCUT2D eigenvalue weighted by molar-refractivity contribution is -0.143. The standard InChI is InChI=1S/C24H27F6N3O2S/c25-23(26,27)16-6-5-15(17(12-16)24(28,29)30)13-33-9-7-14(8-10-33)11-20-21(32-22(35)36-20)31-18-3-1-2-4-19(18)34/h5-6,11-12,14,18-19,34H,1-4,7-10,13H2,(H,31,32,35)/b20-11-/t18-,19+/m1/s1. The van der Waals surface area contributed by atoms with Crippen molar-refractivity contribution in [1.82, 2.24) is 10.2 Å². The van der Waals surface area contributed by atoms with Crippen molar-refractivity contribution < 1.29 is 36.2 Å². The fourth-order valence-electron chi connectivity index (χ4n) is 4.87. The van der Waals surface area contributed by atoms with Crippen molar-refractivity contribution in [3.8, 4) is 0 Å². The number of amides is 1. The lowest BCUT2D eigenvalue weighted by Crippen LogP contribution is -2.45. The van der Waals surface area contributed by atoms with Crippen LogP contribution in [0.2, 0.25) is 0 Å². The Kier molecular flexibility index (Phi) is 8.06.